The Kier molecular flexibility index (Phi) is 4.33. The molecule has 2 aromatic rings. The lowest BCUT2D eigenvalue weighted by atomic mass is 9.77. The van der Waals surface area contributed by atoms with E-state index in [1.54, 1.807) is 6.20 Å². The number of nitrogens with zero attached hydrogens (tertiary/aromatic N) is 1. The molecule has 1 aromatic heterocycles. The highest BCUT2D eigenvalue weighted by Crippen LogP contribution is 2.33. The van der Waals surface area contributed by atoms with Crippen molar-refractivity contribution in [2.75, 3.05) is 0 Å². The highest BCUT2D eigenvalue weighted by molar-refractivity contribution is 6.00. The molecule has 21 heavy (non-hydrogen) atoms. The van der Waals surface area contributed by atoms with Gasteiger partial charge in [-0.05, 0) is 55.9 Å². The lowest BCUT2D eigenvalue weighted by Gasteiger charge is -2.27. The minimum absolute atomic E-state index is 0.229. The zero-order valence-corrected chi connectivity index (χ0v) is 12.7. The monoisotopic (exact) mass is 281 g/mol. The number of hydrogen-bond acceptors (Lipinski definition) is 2. The summed E-state index contributed by atoms with van der Waals surface area (Å²) in [6.07, 6.45) is 8.95. The summed E-state index contributed by atoms with van der Waals surface area (Å²) in [6, 6.07) is 9.85. The van der Waals surface area contributed by atoms with Crippen molar-refractivity contribution in [1.82, 2.24) is 4.98 Å². The van der Waals surface area contributed by atoms with Crippen LogP contribution in [-0.2, 0) is 0 Å². The molecule has 0 spiro atoms. The van der Waals surface area contributed by atoms with Gasteiger partial charge in [0.1, 0.15) is 0 Å². The van der Waals surface area contributed by atoms with Crippen molar-refractivity contribution in [2.24, 2.45) is 11.8 Å². The number of carbonyl (C=O) groups excluding carboxylic acids is 1. The van der Waals surface area contributed by atoms with Crippen LogP contribution >= 0.6 is 0 Å². The number of aromatic nitrogens is 1. The number of carbonyl (C=O) groups is 1. The fourth-order valence-corrected chi connectivity index (χ4v) is 3.59. The Morgan fingerprint density at radius 3 is 2.76 bits per heavy atom. The summed E-state index contributed by atoms with van der Waals surface area (Å²) in [7, 11) is 0. The Morgan fingerprint density at radius 2 is 2.00 bits per heavy atom. The molecule has 3 rings (SSSR count). The van der Waals surface area contributed by atoms with E-state index >= 15 is 0 Å². The van der Waals surface area contributed by atoms with Gasteiger partial charge in [0.15, 0.2) is 5.78 Å². The molecule has 0 atom stereocenters. The van der Waals surface area contributed by atoms with Gasteiger partial charge in [0.05, 0.1) is 5.52 Å². The first-order valence-corrected chi connectivity index (χ1v) is 8.17. The molecule has 1 aliphatic carbocycles. The maximum absolute atomic E-state index is 12.7. The van der Waals surface area contributed by atoms with E-state index < -0.39 is 0 Å². The van der Waals surface area contributed by atoms with E-state index in [1.807, 2.05) is 30.3 Å². The molecule has 2 nitrogen and oxygen atoms in total. The summed E-state index contributed by atoms with van der Waals surface area (Å²) in [4.78, 5) is 17.0. The standard InChI is InChI=1S/C19H23NO/c1-2-4-14-6-8-15(9-7-14)19(21)17-10-11-18-16(13-17)5-3-12-20-18/h3,5,10-15H,2,4,6-9H2,1H3. The van der Waals surface area contributed by atoms with Crippen LogP contribution in [0.2, 0.25) is 0 Å². The van der Waals surface area contributed by atoms with Crippen molar-refractivity contribution in [3.63, 3.8) is 0 Å². The van der Waals surface area contributed by atoms with Crippen LogP contribution in [0.1, 0.15) is 55.8 Å². The molecule has 1 saturated carbocycles. The topological polar surface area (TPSA) is 30.0 Å². The second-order valence-corrected chi connectivity index (χ2v) is 6.28. The summed E-state index contributed by atoms with van der Waals surface area (Å²) >= 11 is 0. The van der Waals surface area contributed by atoms with E-state index in [2.05, 4.69) is 11.9 Å². The third-order valence-corrected chi connectivity index (χ3v) is 4.80. The van der Waals surface area contributed by atoms with Crippen LogP contribution in [0.15, 0.2) is 36.5 Å². The van der Waals surface area contributed by atoms with Gasteiger partial charge in [0, 0.05) is 23.1 Å². The first kappa shape index (κ1) is 14.2. The van der Waals surface area contributed by atoms with Gasteiger partial charge < -0.3 is 0 Å². The van der Waals surface area contributed by atoms with Crippen LogP contribution in [0.25, 0.3) is 10.9 Å². The van der Waals surface area contributed by atoms with Gasteiger partial charge in [0.25, 0.3) is 0 Å². The molecule has 0 aliphatic heterocycles. The second-order valence-electron chi connectivity index (χ2n) is 6.28. The SMILES string of the molecule is CCCC1CCC(C(=O)c2ccc3ncccc3c2)CC1. The van der Waals surface area contributed by atoms with E-state index in [1.165, 1.54) is 25.7 Å². The van der Waals surface area contributed by atoms with Crippen LogP contribution in [0.4, 0.5) is 0 Å². The number of hydrogen-bond donors (Lipinski definition) is 0. The molecular formula is C19H23NO. The van der Waals surface area contributed by atoms with Crippen molar-refractivity contribution in [2.45, 2.75) is 45.4 Å². The predicted molar refractivity (Wildman–Crippen MR) is 86.4 cm³/mol. The lowest BCUT2D eigenvalue weighted by Crippen LogP contribution is -2.22. The summed E-state index contributed by atoms with van der Waals surface area (Å²) in [6.45, 7) is 2.25. The first-order chi connectivity index (χ1) is 10.3. The fraction of sp³-hybridized carbons (Fsp3) is 0.474. The zero-order valence-electron chi connectivity index (χ0n) is 12.7. The van der Waals surface area contributed by atoms with Gasteiger partial charge in [-0.3, -0.25) is 9.78 Å². The van der Waals surface area contributed by atoms with Crippen molar-refractivity contribution in [1.29, 1.82) is 0 Å². The molecule has 0 bridgehead atoms. The van der Waals surface area contributed by atoms with Crippen LogP contribution in [-0.4, -0.2) is 10.8 Å². The minimum Gasteiger partial charge on any atom is -0.294 e. The van der Waals surface area contributed by atoms with E-state index in [9.17, 15) is 4.79 Å². The van der Waals surface area contributed by atoms with Gasteiger partial charge >= 0.3 is 0 Å². The van der Waals surface area contributed by atoms with E-state index in [4.69, 9.17) is 0 Å². The molecule has 0 radical (unpaired) electrons. The smallest absolute Gasteiger partial charge is 0.165 e. The Morgan fingerprint density at radius 1 is 1.19 bits per heavy atom. The Bertz CT molecular complexity index is 626. The third kappa shape index (κ3) is 3.15. The fourth-order valence-electron chi connectivity index (χ4n) is 3.59. The lowest BCUT2D eigenvalue weighted by molar-refractivity contribution is 0.0870. The van der Waals surface area contributed by atoms with E-state index in [-0.39, 0.29) is 5.92 Å². The number of fused-ring (bicyclic) bond motifs is 1. The highest BCUT2D eigenvalue weighted by atomic mass is 16.1. The van der Waals surface area contributed by atoms with Gasteiger partial charge in [0.2, 0.25) is 0 Å². The third-order valence-electron chi connectivity index (χ3n) is 4.80. The molecule has 110 valence electrons. The molecule has 0 amide bonds. The summed E-state index contributed by atoms with van der Waals surface area (Å²) in [5.41, 5.74) is 1.81. The van der Waals surface area contributed by atoms with Crippen molar-refractivity contribution < 1.29 is 4.79 Å². The van der Waals surface area contributed by atoms with Gasteiger partial charge in [-0.15, -0.1) is 0 Å². The maximum atomic E-state index is 12.7. The number of ketones is 1. The normalized spacial score (nSPS) is 22.3. The molecule has 0 saturated heterocycles. The molecule has 1 fully saturated rings. The molecule has 0 N–H and O–H groups in total. The van der Waals surface area contributed by atoms with Gasteiger partial charge in [-0.2, -0.15) is 0 Å². The number of rotatable bonds is 4. The van der Waals surface area contributed by atoms with Gasteiger partial charge in [-0.25, -0.2) is 0 Å². The van der Waals surface area contributed by atoms with Gasteiger partial charge in [-0.1, -0.05) is 25.8 Å². The quantitative estimate of drug-likeness (QED) is 0.736. The van der Waals surface area contributed by atoms with Crippen molar-refractivity contribution >= 4 is 16.7 Å². The molecular weight excluding hydrogens is 258 g/mol. The minimum atomic E-state index is 0.229. The summed E-state index contributed by atoms with van der Waals surface area (Å²) in [5, 5.41) is 1.06. The molecule has 1 heterocycles. The Labute approximate surface area is 126 Å². The van der Waals surface area contributed by atoms with Crippen LogP contribution in [0.3, 0.4) is 0 Å². The largest absolute Gasteiger partial charge is 0.294 e. The Hall–Kier alpha value is -1.70. The second kappa shape index (κ2) is 6.38. The summed E-state index contributed by atoms with van der Waals surface area (Å²) in [5.74, 6) is 1.41. The van der Waals surface area contributed by atoms with Crippen molar-refractivity contribution in [3.05, 3.63) is 42.1 Å². The van der Waals surface area contributed by atoms with Crippen LogP contribution in [0, 0.1) is 11.8 Å². The zero-order chi connectivity index (χ0) is 14.7. The number of Topliss-reactive ketones (excluding diaryl/α,β-unsaturated/α-hetero) is 1. The molecule has 0 unspecified atom stereocenters. The Balaban J connectivity index is 1.72. The predicted octanol–water partition coefficient (Wildman–Crippen LogP) is 5.02. The van der Waals surface area contributed by atoms with E-state index in [0.29, 0.717) is 5.78 Å². The molecule has 1 aromatic carbocycles. The number of benzene rings is 1. The average Bonchev–Trinajstić information content (AvgIpc) is 2.55. The average molecular weight is 281 g/mol. The van der Waals surface area contributed by atoms with Crippen LogP contribution in [0.5, 0.6) is 0 Å². The van der Waals surface area contributed by atoms with Crippen LogP contribution < -0.4 is 0 Å². The summed E-state index contributed by atoms with van der Waals surface area (Å²) < 4.78 is 0. The highest BCUT2D eigenvalue weighted by Gasteiger charge is 2.26. The van der Waals surface area contributed by atoms with Crippen molar-refractivity contribution in [3.8, 4) is 0 Å². The maximum Gasteiger partial charge on any atom is 0.165 e. The molecule has 1 aliphatic rings. The molecule has 2 heteroatoms. The van der Waals surface area contributed by atoms with E-state index in [0.717, 1.165) is 35.2 Å². The first-order valence-electron chi connectivity index (χ1n) is 8.17. The number of pyridine rings is 1.